The van der Waals surface area contributed by atoms with Gasteiger partial charge < -0.3 is 9.84 Å². The lowest BCUT2D eigenvalue weighted by molar-refractivity contribution is -0.150. The molecule has 0 aromatic rings. The summed E-state index contributed by atoms with van der Waals surface area (Å²) in [5.41, 5.74) is 0. The summed E-state index contributed by atoms with van der Waals surface area (Å²) in [4.78, 5) is 23.4. The van der Waals surface area contributed by atoms with Crippen LogP contribution in [0.25, 0.3) is 0 Å². The molecule has 0 radical (unpaired) electrons. The predicted molar refractivity (Wildman–Crippen MR) is 186 cm³/mol. The number of esters is 1. The molecular formula is C39H76O4. The van der Waals surface area contributed by atoms with Gasteiger partial charge in [0.15, 0.2) is 0 Å². The van der Waals surface area contributed by atoms with Crippen LogP contribution in [-0.2, 0) is 14.3 Å². The number of ether oxygens (including phenoxy) is 1. The quantitative estimate of drug-likeness (QED) is 0.0567. The highest BCUT2D eigenvalue weighted by atomic mass is 16.5. The Balaban J connectivity index is 3.84. The molecule has 43 heavy (non-hydrogen) atoms. The van der Waals surface area contributed by atoms with E-state index in [2.05, 4.69) is 13.8 Å². The lowest BCUT2D eigenvalue weighted by atomic mass is 10.0. The van der Waals surface area contributed by atoms with Crippen LogP contribution in [0.15, 0.2) is 0 Å². The van der Waals surface area contributed by atoms with Gasteiger partial charge in [0.25, 0.3) is 0 Å². The molecule has 0 aromatic carbocycles. The maximum Gasteiger partial charge on any atom is 0.306 e. The lowest BCUT2D eigenvalue weighted by Crippen LogP contribution is -2.18. The van der Waals surface area contributed by atoms with Crippen LogP contribution in [0, 0.1) is 0 Å². The monoisotopic (exact) mass is 609 g/mol. The summed E-state index contributed by atoms with van der Waals surface area (Å²) in [7, 11) is 0. The molecule has 0 aliphatic heterocycles. The van der Waals surface area contributed by atoms with Crippen molar-refractivity contribution in [2.45, 2.75) is 238 Å². The van der Waals surface area contributed by atoms with Crippen molar-refractivity contribution in [2.24, 2.45) is 0 Å². The second kappa shape index (κ2) is 35.4. The number of carbonyl (C=O) groups excluding carboxylic acids is 1. The Morgan fingerprint density at radius 2 is 0.698 bits per heavy atom. The first-order chi connectivity index (χ1) is 21.1. The Kier molecular flexibility index (Phi) is 34.5. The Hall–Kier alpha value is -1.06. The number of aliphatic carboxylic acids is 1. The van der Waals surface area contributed by atoms with E-state index in [1.54, 1.807) is 0 Å². The zero-order chi connectivity index (χ0) is 31.5. The molecule has 1 unspecified atom stereocenters. The number of hydrogen-bond donors (Lipinski definition) is 1. The second-order valence-corrected chi connectivity index (χ2v) is 13.5. The normalized spacial score (nSPS) is 12.0. The molecule has 0 aliphatic rings. The predicted octanol–water partition coefficient (Wildman–Crippen LogP) is 13.3. The molecule has 0 heterocycles. The van der Waals surface area contributed by atoms with Crippen molar-refractivity contribution in [3.63, 3.8) is 0 Å². The first-order valence-corrected chi connectivity index (χ1v) is 19.5. The Bertz CT molecular complexity index is 576. The molecule has 0 fully saturated rings. The van der Waals surface area contributed by atoms with E-state index in [0.29, 0.717) is 12.8 Å². The average Bonchev–Trinajstić information content (AvgIpc) is 2.99. The van der Waals surface area contributed by atoms with E-state index in [1.165, 1.54) is 161 Å². The van der Waals surface area contributed by atoms with E-state index in [1.807, 2.05) is 0 Å². The van der Waals surface area contributed by atoms with Crippen LogP contribution in [0.2, 0.25) is 0 Å². The first kappa shape index (κ1) is 41.9. The van der Waals surface area contributed by atoms with Gasteiger partial charge in [-0.25, -0.2) is 0 Å². The molecule has 1 atom stereocenters. The summed E-state index contributed by atoms with van der Waals surface area (Å²) in [6, 6.07) is 0. The van der Waals surface area contributed by atoms with Gasteiger partial charge in [-0.2, -0.15) is 0 Å². The number of hydrogen-bond acceptors (Lipinski definition) is 3. The van der Waals surface area contributed by atoms with Crippen molar-refractivity contribution >= 4 is 11.9 Å². The van der Waals surface area contributed by atoms with Crippen LogP contribution in [0.1, 0.15) is 232 Å². The fourth-order valence-corrected chi connectivity index (χ4v) is 6.19. The van der Waals surface area contributed by atoms with Gasteiger partial charge in [0, 0.05) is 12.8 Å². The van der Waals surface area contributed by atoms with Gasteiger partial charge in [0.05, 0.1) is 0 Å². The molecule has 0 aromatic heterocycles. The maximum atomic E-state index is 12.5. The molecule has 0 aliphatic carbocycles. The van der Waals surface area contributed by atoms with Gasteiger partial charge in [0.2, 0.25) is 0 Å². The highest BCUT2D eigenvalue weighted by Crippen LogP contribution is 2.19. The fourth-order valence-electron chi connectivity index (χ4n) is 6.19. The number of rotatable bonds is 36. The van der Waals surface area contributed by atoms with Crippen LogP contribution in [-0.4, -0.2) is 23.1 Å². The molecule has 0 rings (SSSR count). The molecule has 0 saturated carbocycles. The number of carbonyl (C=O) groups is 2. The average molecular weight is 609 g/mol. The molecule has 256 valence electrons. The summed E-state index contributed by atoms with van der Waals surface area (Å²) in [5.74, 6) is -0.786. The van der Waals surface area contributed by atoms with E-state index in [4.69, 9.17) is 9.84 Å². The van der Waals surface area contributed by atoms with E-state index in [9.17, 15) is 9.59 Å². The summed E-state index contributed by atoms with van der Waals surface area (Å²) in [6.45, 7) is 4.56. The van der Waals surface area contributed by atoms with E-state index < -0.39 is 5.97 Å². The first-order valence-electron chi connectivity index (χ1n) is 19.5. The van der Waals surface area contributed by atoms with Crippen molar-refractivity contribution in [1.29, 1.82) is 0 Å². The van der Waals surface area contributed by atoms with Gasteiger partial charge in [-0.3, -0.25) is 9.59 Å². The Labute approximate surface area is 269 Å². The topological polar surface area (TPSA) is 63.6 Å². The zero-order valence-electron chi connectivity index (χ0n) is 29.3. The smallest absolute Gasteiger partial charge is 0.306 e. The Morgan fingerprint density at radius 3 is 1.05 bits per heavy atom. The van der Waals surface area contributed by atoms with Crippen molar-refractivity contribution in [3.05, 3.63) is 0 Å². The van der Waals surface area contributed by atoms with Gasteiger partial charge in [-0.1, -0.05) is 181 Å². The van der Waals surface area contributed by atoms with E-state index in [0.717, 1.165) is 38.5 Å². The fraction of sp³-hybridized carbons (Fsp3) is 0.949. The third-order valence-electron chi connectivity index (χ3n) is 9.08. The zero-order valence-corrected chi connectivity index (χ0v) is 29.3. The molecular weight excluding hydrogens is 532 g/mol. The molecule has 1 N–H and O–H groups in total. The van der Waals surface area contributed by atoms with Gasteiger partial charge in [-0.15, -0.1) is 0 Å². The summed E-state index contributed by atoms with van der Waals surface area (Å²) in [5, 5.41) is 8.94. The molecule has 0 bridgehead atoms. The van der Waals surface area contributed by atoms with Gasteiger partial charge in [-0.05, 0) is 38.5 Å². The minimum atomic E-state index is -0.738. The van der Waals surface area contributed by atoms with Crippen molar-refractivity contribution < 1.29 is 19.4 Å². The van der Waals surface area contributed by atoms with Crippen LogP contribution in [0.3, 0.4) is 0 Å². The minimum absolute atomic E-state index is 0.0368. The second-order valence-electron chi connectivity index (χ2n) is 13.5. The van der Waals surface area contributed by atoms with E-state index >= 15 is 0 Å². The minimum Gasteiger partial charge on any atom is -0.481 e. The van der Waals surface area contributed by atoms with Crippen molar-refractivity contribution in [1.82, 2.24) is 0 Å². The number of carboxylic acid groups (broad SMARTS) is 1. The SMILES string of the molecule is CCCCCCCCCCCCCCCCC(=O)OC(CCCCCCCCCCCCCCCC)CCCCC(=O)O. The van der Waals surface area contributed by atoms with Gasteiger partial charge in [0.1, 0.15) is 6.10 Å². The molecule has 0 saturated heterocycles. The van der Waals surface area contributed by atoms with Crippen molar-refractivity contribution in [2.75, 3.05) is 0 Å². The Morgan fingerprint density at radius 1 is 0.419 bits per heavy atom. The molecule has 4 heteroatoms. The highest BCUT2D eigenvalue weighted by molar-refractivity contribution is 5.69. The van der Waals surface area contributed by atoms with E-state index in [-0.39, 0.29) is 18.5 Å². The summed E-state index contributed by atoms with van der Waals surface area (Å²) in [6.07, 6.45) is 41.1. The van der Waals surface area contributed by atoms with Crippen LogP contribution in [0.5, 0.6) is 0 Å². The van der Waals surface area contributed by atoms with Crippen LogP contribution in [0.4, 0.5) is 0 Å². The van der Waals surface area contributed by atoms with Crippen LogP contribution >= 0.6 is 0 Å². The maximum absolute atomic E-state index is 12.5. The molecule has 4 nitrogen and oxygen atoms in total. The van der Waals surface area contributed by atoms with Gasteiger partial charge >= 0.3 is 11.9 Å². The van der Waals surface area contributed by atoms with Crippen molar-refractivity contribution in [3.8, 4) is 0 Å². The third-order valence-corrected chi connectivity index (χ3v) is 9.08. The largest absolute Gasteiger partial charge is 0.481 e. The molecule has 0 amide bonds. The standard InChI is InChI=1S/C39H76O4/c1-3-5-7-9-11-13-15-17-19-21-23-25-27-29-33-37(34-31-32-35-38(40)41)43-39(42)36-30-28-26-24-22-20-18-16-14-12-10-8-6-4-2/h37H,3-36H2,1-2H3,(H,40,41). The number of unbranched alkanes of at least 4 members (excludes halogenated alkanes) is 27. The molecule has 0 spiro atoms. The van der Waals surface area contributed by atoms with Crippen LogP contribution < -0.4 is 0 Å². The summed E-state index contributed by atoms with van der Waals surface area (Å²) >= 11 is 0. The number of carboxylic acids is 1. The third kappa shape index (κ3) is 35.3. The summed E-state index contributed by atoms with van der Waals surface area (Å²) < 4.78 is 5.90. The lowest BCUT2D eigenvalue weighted by Gasteiger charge is -2.18. The highest BCUT2D eigenvalue weighted by Gasteiger charge is 2.14.